The fourth-order valence-corrected chi connectivity index (χ4v) is 7.60. The summed E-state index contributed by atoms with van der Waals surface area (Å²) in [7, 11) is 0. The number of carbonyl (C=O) groups excluding carboxylic acids is 2. The van der Waals surface area contributed by atoms with Crippen LogP contribution in [-0.4, -0.2) is 36.4 Å². The SMILES string of the molecule is CC/C=C\C/C=C\C/C=C\C/C=C\C/C=C\C/C=C\C/C=C\C/C=C\C/C=C\C/C=C\C/C=C\C/C=C\CCCCCCC(=O)OC(CO)COC(=O)CCCCCCCCCCCCCCCCCC. The van der Waals surface area contributed by atoms with Gasteiger partial charge in [0, 0.05) is 12.8 Å². The van der Waals surface area contributed by atoms with E-state index in [1.165, 1.54) is 83.5 Å². The molecular weight excluding hydrogens is 873 g/mol. The van der Waals surface area contributed by atoms with E-state index in [1.54, 1.807) is 0 Å². The molecule has 0 saturated carbocycles. The first-order valence-electron chi connectivity index (χ1n) is 28.9. The van der Waals surface area contributed by atoms with Gasteiger partial charge in [0.05, 0.1) is 6.61 Å². The number of rotatable bonds is 51. The second-order valence-electron chi connectivity index (χ2n) is 18.6. The third-order valence-electron chi connectivity index (χ3n) is 11.9. The highest BCUT2D eigenvalue weighted by atomic mass is 16.6. The van der Waals surface area contributed by atoms with Crippen LogP contribution < -0.4 is 0 Å². The van der Waals surface area contributed by atoms with Crippen molar-refractivity contribution in [3.63, 3.8) is 0 Å². The molecule has 0 amide bonds. The van der Waals surface area contributed by atoms with Gasteiger partial charge in [0.2, 0.25) is 0 Å². The van der Waals surface area contributed by atoms with Gasteiger partial charge in [0.15, 0.2) is 6.10 Å². The van der Waals surface area contributed by atoms with E-state index in [1.807, 2.05) is 0 Å². The Balaban J connectivity index is 3.67. The molecule has 0 fully saturated rings. The van der Waals surface area contributed by atoms with E-state index in [9.17, 15) is 14.7 Å². The first kappa shape index (κ1) is 66.8. The summed E-state index contributed by atoms with van der Waals surface area (Å²) < 4.78 is 10.7. The molecule has 5 heteroatoms. The average Bonchev–Trinajstić information content (AvgIpc) is 3.37. The molecule has 0 aliphatic rings. The minimum atomic E-state index is -0.794. The summed E-state index contributed by atoms with van der Waals surface area (Å²) in [6, 6.07) is 0. The molecule has 0 aromatic heterocycles. The van der Waals surface area contributed by atoms with Crippen LogP contribution in [0, 0.1) is 0 Å². The number of ether oxygens (including phenoxy) is 2. The zero-order valence-corrected chi connectivity index (χ0v) is 45.7. The Kier molecular flexibility index (Phi) is 56.5. The summed E-state index contributed by atoms with van der Waals surface area (Å²) in [5, 5.41) is 9.63. The van der Waals surface area contributed by atoms with Crippen LogP contribution in [-0.2, 0) is 19.1 Å². The third-order valence-corrected chi connectivity index (χ3v) is 11.9. The molecule has 0 saturated heterocycles. The maximum Gasteiger partial charge on any atom is 0.306 e. The van der Waals surface area contributed by atoms with E-state index < -0.39 is 6.10 Å². The van der Waals surface area contributed by atoms with Crippen molar-refractivity contribution >= 4 is 11.9 Å². The van der Waals surface area contributed by atoms with Crippen molar-refractivity contribution in [1.82, 2.24) is 0 Å². The van der Waals surface area contributed by atoms with Crippen molar-refractivity contribution in [2.45, 2.75) is 245 Å². The molecule has 0 bridgehead atoms. The molecule has 0 aromatic rings. The Hall–Kier alpha value is -4.22. The van der Waals surface area contributed by atoms with Gasteiger partial charge in [-0.25, -0.2) is 0 Å². The summed E-state index contributed by atoms with van der Waals surface area (Å²) >= 11 is 0. The van der Waals surface area contributed by atoms with Gasteiger partial charge < -0.3 is 14.6 Å². The average molecular weight is 980 g/mol. The largest absolute Gasteiger partial charge is 0.462 e. The van der Waals surface area contributed by atoms with E-state index in [2.05, 4.69) is 160 Å². The Morgan fingerprint density at radius 3 is 0.915 bits per heavy atom. The van der Waals surface area contributed by atoms with Gasteiger partial charge in [-0.2, -0.15) is 0 Å². The van der Waals surface area contributed by atoms with Gasteiger partial charge in [0.1, 0.15) is 6.61 Å². The predicted octanol–water partition coefficient (Wildman–Crippen LogP) is 19.8. The number of aliphatic hydroxyl groups is 1. The van der Waals surface area contributed by atoms with Crippen LogP contribution in [0.15, 0.2) is 146 Å². The summed E-state index contributed by atoms with van der Waals surface area (Å²) in [5.74, 6) is -0.623. The van der Waals surface area contributed by atoms with Gasteiger partial charge in [-0.3, -0.25) is 9.59 Å². The number of aliphatic hydroxyl groups excluding tert-OH is 1. The van der Waals surface area contributed by atoms with Crippen LogP contribution >= 0.6 is 0 Å². The minimum Gasteiger partial charge on any atom is -0.462 e. The summed E-state index contributed by atoms with van der Waals surface area (Å²) in [4.78, 5) is 24.5. The molecule has 1 N–H and O–H groups in total. The highest BCUT2D eigenvalue weighted by Crippen LogP contribution is 2.15. The molecule has 5 nitrogen and oxygen atoms in total. The van der Waals surface area contributed by atoms with Gasteiger partial charge in [-0.1, -0.05) is 269 Å². The smallest absolute Gasteiger partial charge is 0.306 e. The summed E-state index contributed by atoms with van der Waals surface area (Å²) in [5.41, 5.74) is 0. The molecule has 0 aromatic carbocycles. The van der Waals surface area contributed by atoms with Gasteiger partial charge >= 0.3 is 11.9 Å². The normalized spacial score (nSPS) is 13.3. The maximum atomic E-state index is 12.3. The highest BCUT2D eigenvalue weighted by Gasteiger charge is 2.16. The van der Waals surface area contributed by atoms with E-state index in [0.29, 0.717) is 12.8 Å². The number of esters is 2. The molecule has 0 heterocycles. The predicted molar refractivity (Wildman–Crippen MR) is 311 cm³/mol. The maximum absolute atomic E-state index is 12.3. The molecule has 0 aliphatic heterocycles. The number of carbonyl (C=O) groups is 2. The van der Waals surface area contributed by atoms with Crippen molar-refractivity contribution in [2.75, 3.05) is 13.2 Å². The highest BCUT2D eigenvalue weighted by molar-refractivity contribution is 5.70. The second kappa shape index (κ2) is 60.1. The molecule has 1 unspecified atom stereocenters. The Labute approximate surface area is 438 Å². The van der Waals surface area contributed by atoms with Crippen LogP contribution in [0.2, 0.25) is 0 Å². The molecule has 0 spiro atoms. The minimum absolute atomic E-state index is 0.0818. The van der Waals surface area contributed by atoms with Crippen molar-refractivity contribution < 1.29 is 24.2 Å². The molecular formula is C66H106O5. The monoisotopic (exact) mass is 979 g/mol. The van der Waals surface area contributed by atoms with Gasteiger partial charge in [-0.05, 0) is 103 Å². The summed E-state index contributed by atoms with van der Waals surface area (Å²) in [6.45, 7) is 4.01. The third kappa shape index (κ3) is 58.2. The molecule has 71 heavy (non-hydrogen) atoms. The van der Waals surface area contributed by atoms with Crippen LogP contribution in [0.4, 0.5) is 0 Å². The Morgan fingerprint density at radius 2 is 0.606 bits per heavy atom. The second-order valence-corrected chi connectivity index (χ2v) is 18.6. The standard InChI is InChI=1S/C66H106O5/c1-3-5-7-9-11-13-15-17-19-21-22-23-24-25-26-27-28-29-30-31-32-33-34-35-36-37-38-39-40-41-42-43-44-45-47-49-51-53-55-57-59-61-66(69)71-64(62-67)63-70-65(68)60-58-56-54-52-50-48-46-20-18-16-14-12-10-8-6-4-2/h5,7,11,13,17,19,22-23,25-26,28-29,31-32,34-35,37-38,40-41,43-44,47,49,64,67H,3-4,6,8-10,12,14-16,18,20-21,24,27,30,33,36,39,42,45-46,48,50-63H2,1-2H3/b7-5-,13-11-,19-17-,23-22-,26-25-,29-28-,32-31-,35-34-,38-37-,41-40-,44-43-,49-47-. The molecule has 0 radical (unpaired) electrons. The zero-order chi connectivity index (χ0) is 51.3. The van der Waals surface area contributed by atoms with E-state index >= 15 is 0 Å². The van der Waals surface area contributed by atoms with Gasteiger partial charge in [-0.15, -0.1) is 0 Å². The zero-order valence-electron chi connectivity index (χ0n) is 45.7. The van der Waals surface area contributed by atoms with E-state index in [0.717, 1.165) is 128 Å². The lowest BCUT2D eigenvalue weighted by molar-refractivity contribution is -0.161. The van der Waals surface area contributed by atoms with Crippen LogP contribution in [0.3, 0.4) is 0 Å². The lowest BCUT2D eigenvalue weighted by Gasteiger charge is -2.15. The Morgan fingerprint density at radius 1 is 0.338 bits per heavy atom. The first-order valence-corrected chi connectivity index (χ1v) is 28.9. The number of hydrogen-bond acceptors (Lipinski definition) is 5. The molecule has 1 atom stereocenters. The van der Waals surface area contributed by atoms with Crippen LogP contribution in [0.5, 0.6) is 0 Å². The van der Waals surface area contributed by atoms with Crippen molar-refractivity contribution in [3.8, 4) is 0 Å². The van der Waals surface area contributed by atoms with Gasteiger partial charge in [0.25, 0.3) is 0 Å². The molecule has 400 valence electrons. The van der Waals surface area contributed by atoms with E-state index in [4.69, 9.17) is 9.47 Å². The topological polar surface area (TPSA) is 72.8 Å². The Bertz CT molecular complexity index is 1530. The fourth-order valence-electron chi connectivity index (χ4n) is 7.60. The number of hydrogen-bond donors (Lipinski definition) is 1. The van der Waals surface area contributed by atoms with Crippen LogP contribution in [0.25, 0.3) is 0 Å². The van der Waals surface area contributed by atoms with Crippen LogP contribution in [0.1, 0.15) is 239 Å². The number of unbranched alkanes of at least 4 members (excludes halogenated alkanes) is 19. The van der Waals surface area contributed by atoms with Crippen molar-refractivity contribution in [2.24, 2.45) is 0 Å². The van der Waals surface area contributed by atoms with E-state index in [-0.39, 0.29) is 25.2 Å². The first-order chi connectivity index (χ1) is 35.1. The summed E-state index contributed by atoms with van der Waals surface area (Å²) in [6.07, 6.45) is 91.0. The fraction of sp³-hybridized carbons (Fsp3) is 0.606. The lowest BCUT2D eigenvalue weighted by Crippen LogP contribution is -2.28. The lowest BCUT2D eigenvalue weighted by atomic mass is 10.0. The molecule has 0 aliphatic carbocycles. The quantitative estimate of drug-likeness (QED) is 0.0373. The van der Waals surface area contributed by atoms with Crippen molar-refractivity contribution in [3.05, 3.63) is 146 Å². The van der Waals surface area contributed by atoms with Crippen molar-refractivity contribution in [1.29, 1.82) is 0 Å². The molecule has 0 rings (SSSR count). The number of allylic oxidation sites excluding steroid dienone is 24.